The maximum Gasteiger partial charge on any atom is 0.130 e. The van der Waals surface area contributed by atoms with E-state index in [0.29, 0.717) is 28.5 Å². The van der Waals surface area contributed by atoms with Crippen LogP contribution in [0.2, 0.25) is 0 Å². The fraction of sp³-hybridized carbons (Fsp3) is 0.385. The van der Waals surface area contributed by atoms with Crippen LogP contribution in [-0.2, 0) is 12.8 Å². The molecule has 2 aliphatic heterocycles. The van der Waals surface area contributed by atoms with Crippen molar-refractivity contribution in [3.8, 4) is 11.5 Å². The molecule has 0 fully saturated rings. The zero-order valence-electron chi connectivity index (χ0n) is 26.6. The Balaban J connectivity index is 1.30. The van der Waals surface area contributed by atoms with Crippen molar-refractivity contribution in [3.63, 3.8) is 0 Å². The maximum atomic E-state index is 7.08. The summed E-state index contributed by atoms with van der Waals surface area (Å²) in [6.07, 6.45) is 5.34. The summed E-state index contributed by atoms with van der Waals surface area (Å²) in [6, 6.07) is 27.6. The second kappa shape index (κ2) is 13.1. The number of benzene rings is 4. The first-order valence-corrected chi connectivity index (χ1v) is 18.1. The van der Waals surface area contributed by atoms with Crippen LogP contribution in [0.1, 0.15) is 88.9 Å². The second-order valence-corrected chi connectivity index (χ2v) is 16.4. The minimum Gasteiger partial charge on any atom is -0.489 e. The van der Waals surface area contributed by atoms with E-state index >= 15 is 0 Å². The highest BCUT2D eigenvalue weighted by atomic mass is 31.1. The molecular weight excluding hydrogens is 562 g/mol. The van der Waals surface area contributed by atoms with E-state index in [-0.39, 0.29) is 12.2 Å². The molecule has 2 bridgehead atoms. The molecule has 0 saturated carbocycles. The average molecular weight is 609 g/mol. The van der Waals surface area contributed by atoms with Gasteiger partial charge in [-0.1, -0.05) is 126 Å². The third-order valence-electron chi connectivity index (χ3n) is 8.94. The van der Waals surface area contributed by atoms with E-state index in [4.69, 9.17) is 9.47 Å². The highest BCUT2D eigenvalue weighted by Crippen LogP contribution is 2.42. The maximum absolute atomic E-state index is 7.08. The summed E-state index contributed by atoms with van der Waals surface area (Å²) in [7, 11) is 1.32. The number of fused-ring (bicyclic) bond motifs is 6. The molecule has 4 unspecified atom stereocenters. The molecule has 224 valence electrons. The van der Waals surface area contributed by atoms with Crippen molar-refractivity contribution in [2.75, 3.05) is 0 Å². The highest BCUT2D eigenvalue weighted by molar-refractivity contribution is 7.48. The van der Waals surface area contributed by atoms with Crippen LogP contribution in [0, 0.1) is 27.7 Å². The molecular formula is C39H46O2P2. The lowest BCUT2D eigenvalue weighted by Gasteiger charge is -2.28. The Morgan fingerprint density at radius 1 is 0.581 bits per heavy atom. The number of hydrogen-bond acceptors (Lipinski definition) is 2. The minimum atomic E-state index is 0.149. The van der Waals surface area contributed by atoms with Gasteiger partial charge in [-0.25, -0.2) is 0 Å². The van der Waals surface area contributed by atoms with Crippen molar-refractivity contribution < 1.29 is 9.47 Å². The van der Waals surface area contributed by atoms with E-state index in [1.54, 1.807) is 0 Å². The Morgan fingerprint density at radius 3 is 1.37 bits per heavy atom. The Hall–Kier alpha value is -2.66. The van der Waals surface area contributed by atoms with Gasteiger partial charge in [-0.15, -0.1) is 0 Å². The Labute approximate surface area is 262 Å². The van der Waals surface area contributed by atoms with Crippen LogP contribution >= 0.6 is 17.2 Å². The summed E-state index contributed by atoms with van der Waals surface area (Å²) >= 11 is 0. The van der Waals surface area contributed by atoms with Gasteiger partial charge in [0, 0.05) is 34.8 Å². The van der Waals surface area contributed by atoms with Gasteiger partial charge in [0.15, 0.2) is 0 Å². The molecule has 0 aliphatic carbocycles. The number of hydrogen-bond donors (Lipinski definition) is 0. The lowest BCUT2D eigenvalue weighted by molar-refractivity contribution is 0.189. The molecule has 6 rings (SSSR count). The van der Waals surface area contributed by atoms with Gasteiger partial charge in [0.1, 0.15) is 23.7 Å². The summed E-state index contributed by atoms with van der Waals surface area (Å²) in [5.41, 5.74) is 11.7. The summed E-state index contributed by atoms with van der Waals surface area (Å²) in [5, 5.41) is 2.71. The van der Waals surface area contributed by atoms with E-state index in [1.165, 1.54) is 55.1 Å². The Kier molecular flexibility index (Phi) is 9.28. The zero-order chi connectivity index (χ0) is 30.1. The molecule has 4 aromatic carbocycles. The molecule has 4 aromatic rings. The number of aryl methyl sites for hydroxylation is 4. The van der Waals surface area contributed by atoms with Crippen molar-refractivity contribution in [1.29, 1.82) is 0 Å². The van der Waals surface area contributed by atoms with E-state index < -0.39 is 0 Å². The van der Waals surface area contributed by atoms with E-state index in [2.05, 4.69) is 114 Å². The Bertz CT molecular complexity index is 1450. The number of para-hydroxylation sites is 2. The molecule has 6 atom stereocenters. The molecule has 2 aliphatic rings. The quantitative estimate of drug-likeness (QED) is 0.203. The smallest absolute Gasteiger partial charge is 0.130 e. The highest BCUT2D eigenvalue weighted by Gasteiger charge is 2.29. The van der Waals surface area contributed by atoms with Gasteiger partial charge in [0.2, 0.25) is 0 Å². The molecule has 0 aromatic heterocycles. The van der Waals surface area contributed by atoms with Crippen molar-refractivity contribution in [2.24, 2.45) is 0 Å². The van der Waals surface area contributed by atoms with E-state index in [0.717, 1.165) is 43.6 Å². The summed E-state index contributed by atoms with van der Waals surface area (Å²) in [5.74, 6) is 2.25. The lowest BCUT2D eigenvalue weighted by Crippen LogP contribution is -2.26. The first-order chi connectivity index (χ1) is 20.7. The summed E-state index contributed by atoms with van der Waals surface area (Å²) < 4.78 is 14.2. The number of rotatable bonds is 6. The van der Waals surface area contributed by atoms with Gasteiger partial charge in [-0.2, -0.15) is 0 Å². The van der Waals surface area contributed by atoms with Crippen LogP contribution in [0.15, 0.2) is 72.8 Å². The minimum absolute atomic E-state index is 0.149. The molecule has 2 heterocycles. The average Bonchev–Trinajstić information content (AvgIpc) is 3.09. The van der Waals surface area contributed by atoms with Crippen molar-refractivity contribution >= 4 is 27.8 Å². The van der Waals surface area contributed by atoms with Gasteiger partial charge in [-0.05, 0) is 69.2 Å². The molecule has 0 N–H and O–H groups in total. The monoisotopic (exact) mass is 608 g/mol. The van der Waals surface area contributed by atoms with Crippen LogP contribution in [0.5, 0.6) is 11.5 Å². The third-order valence-corrected chi connectivity index (χ3v) is 11.9. The lowest BCUT2D eigenvalue weighted by atomic mass is 10.0. The first-order valence-electron chi connectivity index (χ1n) is 16.0. The standard InChI is InChI=1S/C39H46O2P2/c1-24-16-25(2)19-32(18-24)28(5)42-36-14-7-10-30-22-35-13-9-12-34(40-38(30)36)23-31-11-8-15-37(39(31)41-35)43-29(6)33-20-26(3)17-27(4)21-33/h7-8,10-11,14-21,28-29,34-35,42-43H,9,12-13,22-23H2,1-6H3/t28?,29?,34-,35-/m1/s1. The predicted octanol–water partition coefficient (Wildman–Crippen LogP) is 9.53. The zero-order valence-corrected chi connectivity index (χ0v) is 28.6. The summed E-state index contributed by atoms with van der Waals surface area (Å²) in [6.45, 7) is 13.5. The molecule has 0 saturated heterocycles. The van der Waals surface area contributed by atoms with Crippen LogP contribution in [0.4, 0.5) is 0 Å². The fourth-order valence-electron chi connectivity index (χ4n) is 6.95. The third kappa shape index (κ3) is 7.19. The van der Waals surface area contributed by atoms with Crippen LogP contribution in [0.25, 0.3) is 0 Å². The molecule has 0 radical (unpaired) electrons. The van der Waals surface area contributed by atoms with Crippen molar-refractivity contribution in [2.45, 2.75) is 97.2 Å². The van der Waals surface area contributed by atoms with Gasteiger partial charge in [0.05, 0.1) is 0 Å². The number of ether oxygens (including phenoxy) is 2. The summed E-state index contributed by atoms with van der Waals surface area (Å²) in [4.78, 5) is 0. The van der Waals surface area contributed by atoms with Crippen molar-refractivity contribution in [3.05, 3.63) is 117 Å². The van der Waals surface area contributed by atoms with Crippen LogP contribution in [-0.4, -0.2) is 12.2 Å². The van der Waals surface area contributed by atoms with Gasteiger partial charge in [-0.3, -0.25) is 0 Å². The first kappa shape index (κ1) is 30.4. The molecule has 0 amide bonds. The second-order valence-electron chi connectivity index (χ2n) is 13.0. The largest absolute Gasteiger partial charge is 0.489 e. The van der Waals surface area contributed by atoms with Crippen LogP contribution in [0.3, 0.4) is 0 Å². The molecule has 43 heavy (non-hydrogen) atoms. The van der Waals surface area contributed by atoms with Crippen molar-refractivity contribution in [1.82, 2.24) is 0 Å². The van der Waals surface area contributed by atoms with Gasteiger partial charge < -0.3 is 9.47 Å². The molecule has 0 spiro atoms. The SMILES string of the molecule is Cc1cc(C)cc(C(C)Pc2cccc3c2O[C@@H]2CCC[C@H](C3)Oc3c(cccc3PC(C)c3cc(C)cc(C)c3)C2)c1. The normalized spacial score (nSPS) is 19.9. The van der Waals surface area contributed by atoms with E-state index in [1.807, 2.05) is 0 Å². The van der Waals surface area contributed by atoms with E-state index in [9.17, 15) is 0 Å². The van der Waals surface area contributed by atoms with Gasteiger partial charge >= 0.3 is 0 Å². The Morgan fingerprint density at radius 2 is 0.977 bits per heavy atom. The topological polar surface area (TPSA) is 18.5 Å². The van der Waals surface area contributed by atoms with Crippen LogP contribution < -0.4 is 20.1 Å². The van der Waals surface area contributed by atoms with Gasteiger partial charge in [0.25, 0.3) is 0 Å². The fourth-order valence-corrected chi connectivity index (χ4v) is 9.64. The molecule has 4 heteroatoms. The molecule has 2 nitrogen and oxygen atoms in total. The predicted molar refractivity (Wildman–Crippen MR) is 188 cm³/mol.